The Hall–Kier alpha value is 0. The summed E-state index contributed by atoms with van der Waals surface area (Å²) in [7, 11) is 0. The Balaban J connectivity index is 2.47. The van der Waals surface area contributed by atoms with Crippen LogP contribution in [-0.4, -0.2) is 0 Å². The highest BCUT2D eigenvalue weighted by atomic mass is 14.7. The summed E-state index contributed by atoms with van der Waals surface area (Å²) in [6, 6.07) is 0. The first kappa shape index (κ1) is 12.5. The minimum Gasteiger partial charge on any atom is -0.0617 e. The monoisotopic (exact) mass is 222 g/mol. The first-order valence-electron chi connectivity index (χ1n) is 7.27. The number of rotatable bonds is 0. The quantitative estimate of drug-likeness (QED) is 0.523. The lowest BCUT2D eigenvalue weighted by atomic mass is 9.51. The van der Waals surface area contributed by atoms with Crippen LogP contribution in [-0.2, 0) is 0 Å². The molecule has 1 spiro atoms. The van der Waals surface area contributed by atoms with E-state index < -0.39 is 0 Å². The molecule has 2 saturated carbocycles. The largest absolute Gasteiger partial charge is 0.0617 e. The second kappa shape index (κ2) is 3.50. The van der Waals surface area contributed by atoms with E-state index in [0.717, 1.165) is 11.8 Å². The molecule has 2 atom stereocenters. The molecule has 0 heterocycles. The molecule has 0 radical (unpaired) electrons. The predicted molar refractivity (Wildman–Crippen MR) is 71.4 cm³/mol. The van der Waals surface area contributed by atoms with E-state index in [1.165, 1.54) is 32.1 Å². The lowest BCUT2D eigenvalue weighted by Gasteiger charge is -2.53. The highest BCUT2D eigenvalue weighted by Gasteiger charge is 2.65. The molecule has 0 nitrogen and oxygen atoms in total. The molecule has 0 amide bonds. The van der Waals surface area contributed by atoms with Crippen LogP contribution < -0.4 is 0 Å². The van der Waals surface area contributed by atoms with Crippen LogP contribution in [0.5, 0.6) is 0 Å². The van der Waals surface area contributed by atoms with Crippen LogP contribution in [0.25, 0.3) is 0 Å². The Bertz CT molecular complexity index is 244. The van der Waals surface area contributed by atoms with Crippen LogP contribution in [0.3, 0.4) is 0 Å². The molecule has 0 aromatic carbocycles. The molecule has 0 aromatic rings. The van der Waals surface area contributed by atoms with Gasteiger partial charge in [0, 0.05) is 0 Å². The van der Waals surface area contributed by atoms with Gasteiger partial charge in [0.2, 0.25) is 0 Å². The van der Waals surface area contributed by atoms with Crippen molar-refractivity contribution in [1.82, 2.24) is 0 Å². The Kier molecular flexibility index (Phi) is 2.72. The highest BCUT2D eigenvalue weighted by Crippen LogP contribution is 2.72. The fourth-order valence-electron chi connectivity index (χ4n) is 5.40. The third-order valence-electron chi connectivity index (χ3n) is 7.20. The molecule has 0 bridgehead atoms. The van der Waals surface area contributed by atoms with Crippen LogP contribution in [0.2, 0.25) is 0 Å². The second-order valence-electron chi connectivity index (χ2n) is 7.66. The molecule has 0 N–H and O–H groups in total. The summed E-state index contributed by atoms with van der Waals surface area (Å²) in [6.45, 7) is 15.2. The minimum absolute atomic E-state index is 0.524. The lowest BCUT2D eigenvalue weighted by Crippen LogP contribution is -2.45. The average molecular weight is 222 g/mol. The second-order valence-corrected chi connectivity index (χ2v) is 7.66. The molecule has 2 unspecified atom stereocenters. The molecule has 2 fully saturated rings. The summed E-state index contributed by atoms with van der Waals surface area (Å²) in [5.41, 5.74) is 1.66. The van der Waals surface area contributed by atoms with Gasteiger partial charge in [0.1, 0.15) is 0 Å². The van der Waals surface area contributed by atoms with E-state index in [0.29, 0.717) is 16.2 Å². The zero-order valence-corrected chi connectivity index (χ0v) is 12.2. The van der Waals surface area contributed by atoms with Crippen LogP contribution in [0, 0.1) is 28.1 Å². The SMILES string of the molecule is CC1C(C)C(C)(C)C2(CCCCC2)C1(C)C. The van der Waals surface area contributed by atoms with Crippen LogP contribution >= 0.6 is 0 Å². The first-order chi connectivity index (χ1) is 7.27. The van der Waals surface area contributed by atoms with Crippen molar-refractivity contribution in [3.05, 3.63) is 0 Å². The van der Waals surface area contributed by atoms with Gasteiger partial charge in [-0.15, -0.1) is 0 Å². The van der Waals surface area contributed by atoms with Gasteiger partial charge in [-0.2, -0.15) is 0 Å². The van der Waals surface area contributed by atoms with Gasteiger partial charge in [0.25, 0.3) is 0 Å². The summed E-state index contributed by atoms with van der Waals surface area (Å²) in [6.07, 6.45) is 7.35. The van der Waals surface area contributed by atoms with Gasteiger partial charge in [0.05, 0.1) is 0 Å². The summed E-state index contributed by atoms with van der Waals surface area (Å²) < 4.78 is 0. The van der Waals surface area contributed by atoms with E-state index >= 15 is 0 Å². The maximum atomic E-state index is 2.55. The smallest absolute Gasteiger partial charge is 0.0190 e. The van der Waals surface area contributed by atoms with Crippen molar-refractivity contribution in [2.45, 2.75) is 73.6 Å². The van der Waals surface area contributed by atoms with E-state index in [1.807, 2.05) is 0 Å². The lowest BCUT2D eigenvalue weighted by molar-refractivity contribution is -0.0412. The standard InChI is InChI=1S/C16H30/c1-12-13(2)15(5,6)16(14(12,3)4)10-8-7-9-11-16/h12-13H,7-11H2,1-6H3. The summed E-state index contributed by atoms with van der Waals surface area (Å²) in [5, 5.41) is 0. The zero-order valence-electron chi connectivity index (χ0n) is 12.2. The maximum absolute atomic E-state index is 2.55. The van der Waals surface area contributed by atoms with Gasteiger partial charge in [0.15, 0.2) is 0 Å². The fourth-order valence-corrected chi connectivity index (χ4v) is 5.40. The van der Waals surface area contributed by atoms with E-state index in [9.17, 15) is 0 Å². The zero-order chi connectivity index (χ0) is 12.2. The predicted octanol–water partition coefficient (Wildman–Crippen LogP) is 5.28. The average Bonchev–Trinajstić information content (AvgIpc) is 2.34. The van der Waals surface area contributed by atoms with Gasteiger partial charge >= 0.3 is 0 Å². The summed E-state index contributed by atoms with van der Waals surface area (Å²) in [4.78, 5) is 0. The van der Waals surface area contributed by atoms with Crippen molar-refractivity contribution >= 4 is 0 Å². The molecule has 0 heteroatoms. The molecule has 94 valence electrons. The Morgan fingerprint density at radius 2 is 1.06 bits per heavy atom. The molecular weight excluding hydrogens is 192 g/mol. The Morgan fingerprint density at radius 1 is 0.688 bits per heavy atom. The number of hydrogen-bond acceptors (Lipinski definition) is 0. The van der Waals surface area contributed by atoms with Crippen molar-refractivity contribution < 1.29 is 0 Å². The molecule has 0 saturated heterocycles. The van der Waals surface area contributed by atoms with Crippen LogP contribution in [0.15, 0.2) is 0 Å². The van der Waals surface area contributed by atoms with Gasteiger partial charge < -0.3 is 0 Å². The summed E-state index contributed by atoms with van der Waals surface area (Å²) >= 11 is 0. The first-order valence-corrected chi connectivity index (χ1v) is 7.27. The molecular formula is C16H30. The van der Waals surface area contributed by atoms with Crippen molar-refractivity contribution in [3.63, 3.8) is 0 Å². The van der Waals surface area contributed by atoms with Crippen molar-refractivity contribution in [1.29, 1.82) is 0 Å². The molecule has 16 heavy (non-hydrogen) atoms. The molecule has 2 rings (SSSR count). The van der Waals surface area contributed by atoms with Gasteiger partial charge in [-0.05, 0) is 40.9 Å². The molecule has 0 aromatic heterocycles. The van der Waals surface area contributed by atoms with Crippen molar-refractivity contribution in [3.8, 4) is 0 Å². The van der Waals surface area contributed by atoms with Gasteiger partial charge in [-0.1, -0.05) is 60.8 Å². The molecule has 0 aliphatic heterocycles. The van der Waals surface area contributed by atoms with E-state index in [-0.39, 0.29) is 0 Å². The normalized spacial score (nSPS) is 40.1. The Labute approximate surface area is 102 Å². The topological polar surface area (TPSA) is 0 Å². The molecule has 2 aliphatic rings. The van der Waals surface area contributed by atoms with Crippen LogP contribution in [0.1, 0.15) is 73.6 Å². The van der Waals surface area contributed by atoms with E-state index in [2.05, 4.69) is 41.5 Å². The third-order valence-corrected chi connectivity index (χ3v) is 7.20. The number of hydrogen-bond donors (Lipinski definition) is 0. The Morgan fingerprint density at radius 3 is 1.44 bits per heavy atom. The van der Waals surface area contributed by atoms with Crippen LogP contribution in [0.4, 0.5) is 0 Å². The van der Waals surface area contributed by atoms with Crippen molar-refractivity contribution in [2.75, 3.05) is 0 Å². The fraction of sp³-hybridized carbons (Fsp3) is 1.00. The van der Waals surface area contributed by atoms with E-state index in [4.69, 9.17) is 0 Å². The minimum atomic E-state index is 0.524. The highest BCUT2D eigenvalue weighted by molar-refractivity contribution is 5.13. The third kappa shape index (κ3) is 1.22. The van der Waals surface area contributed by atoms with E-state index in [1.54, 1.807) is 0 Å². The van der Waals surface area contributed by atoms with Gasteiger partial charge in [-0.25, -0.2) is 0 Å². The molecule has 2 aliphatic carbocycles. The summed E-state index contributed by atoms with van der Waals surface area (Å²) in [5.74, 6) is 1.72. The maximum Gasteiger partial charge on any atom is -0.0190 e. The van der Waals surface area contributed by atoms with Crippen molar-refractivity contribution in [2.24, 2.45) is 28.1 Å². The van der Waals surface area contributed by atoms with Gasteiger partial charge in [-0.3, -0.25) is 0 Å².